The second-order valence-corrected chi connectivity index (χ2v) is 14.8. The molecular weight excluding hydrogens is 675 g/mol. The molecule has 0 saturated carbocycles. The van der Waals surface area contributed by atoms with Crippen LogP contribution in [0.5, 0.6) is 0 Å². The van der Waals surface area contributed by atoms with Crippen LogP contribution in [0.15, 0.2) is 224 Å². The number of fused-ring (bicyclic) bond motifs is 10. The van der Waals surface area contributed by atoms with Gasteiger partial charge in [0.05, 0.1) is 22.5 Å². The van der Waals surface area contributed by atoms with Gasteiger partial charge in [0.25, 0.3) is 0 Å². The van der Waals surface area contributed by atoms with Crippen LogP contribution in [0.4, 0.5) is 17.1 Å². The van der Waals surface area contributed by atoms with Gasteiger partial charge in [0.1, 0.15) is 0 Å². The van der Waals surface area contributed by atoms with Crippen molar-refractivity contribution in [3.8, 4) is 55.6 Å². The number of benzene rings is 9. The van der Waals surface area contributed by atoms with E-state index in [1.54, 1.807) is 0 Å². The Morgan fingerprint density at radius 3 is 1.12 bits per heavy atom. The van der Waals surface area contributed by atoms with E-state index in [1.165, 1.54) is 77.9 Å². The van der Waals surface area contributed by atoms with Crippen molar-refractivity contribution in [3.05, 3.63) is 247 Å². The molecule has 9 aromatic carbocycles. The highest BCUT2D eigenvalue weighted by Crippen LogP contribution is 2.65. The highest BCUT2D eigenvalue weighted by Gasteiger charge is 2.52. The van der Waals surface area contributed by atoms with E-state index in [-0.39, 0.29) is 0 Å². The largest absolute Gasteiger partial charge is 0.309 e. The predicted molar refractivity (Wildman–Crippen MR) is 234 cm³/mol. The molecule has 11 rings (SSSR count). The van der Waals surface area contributed by atoms with Gasteiger partial charge in [-0.25, -0.2) is 0 Å². The summed E-state index contributed by atoms with van der Waals surface area (Å²) >= 11 is 0. The molecular formula is C55H37N. The molecule has 0 aromatic heterocycles. The Balaban J connectivity index is 1.32. The van der Waals surface area contributed by atoms with Gasteiger partial charge in [-0.15, -0.1) is 0 Å². The molecule has 2 aliphatic rings. The minimum absolute atomic E-state index is 0.498. The molecule has 0 aliphatic heterocycles. The zero-order chi connectivity index (χ0) is 37.1. The number of nitrogens with zero attached hydrogens (tertiary/aromatic N) is 1. The first-order chi connectivity index (χ1) is 27.8. The summed E-state index contributed by atoms with van der Waals surface area (Å²) in [6.45, 7) is 0. The van der Waals surface area contributed by atoms with E-state index in [1.807, 2.05) is 0 Å². The van der Waals surface area contributed by atoms with E-state index >= 15 is 0 Å². The first-order valence-corrected chi connectivity index (χ1v) is 19.4. The van der Waals surface area contributed by atoms with Crippen LogP contribution in [-0.2, 0) is 5.41 Å². The lowest BCUT2D eigenvalue weighted by atomic mass is 9.70. The third kappa shape index (κ3) is 4.74. The van der Waals surface area contributed by atoms with E-state index < -0.39 is 5.41 Å². The second kappa shape index (κ2) is 13.0. The number of hydrogen-bond acceptors (Lipinski definition) is 1. The fourth-order valence-corrected chi connectivity index (χ4v) is 9.62. The molecule has 0 N–H and O–H groups in total. The van der Waals surface area contributed by atoms with Gasteiger partial charge < -0.3 is 4.90 Å². The summed E-state index contributed by atoms with van der Waals surface area (Å²) in [6.07, 6.45) is 0. The van der Waals surface area contributed by atoms with E-state index in [4.69, 9.17) is 0 Å². The minimum Gasteiger partial charge on any atom is -0.309 e. The maximum atomic E-state index is 2.55. The Labute approximate surface area is 328 Å². The fraction of sp³-hybridized carbons (Fsp3) is 0.0182. The fourth-order valence-electron chi connectivity index (χ4n) is 9.62. The van der Waals surface area contributed by atoms with Gasteiger partial charge in [0.2, 0.25) is 0 Å². The monoisotopic (exact) mass is 711 g/mol. The number of para-hydroxylation sites is 2. The summed E-state index contributed by atoms with van der Waals surface area (Å²) in [5.74, 6) is 0. The van der Waals surface area contributed by atoms with Crippen molar-refractivity contribution in [3.63, 3.8) is 0 Å². The molecule has 9 aromatic rings. The summed E-state index contributed by atoms with van der Waals surface area (Å²) < 4.78 is 0. The predicted octanol–water partition coefficient (Wildman–Crippen LogP) is 14.5. The van der Waals surface area contributed by atoms with E-state index in [9.17, 15) is 0 Å². The van der Waals surface area contributed by atoms with Crippen LogP contribution < -0.4 is 4.90 Å². The highest BCUT2D eigenvalue weighted by atomic mass is 15.2. The Morgan fingerprint density at radius 2 is 0.625 bits per heavy atom. The van der Waals surface area contributed by atoms with Gasteiger partial charge in [-0.2, -0.15) is 0 Å². The zero-order valence-electron chi connectivity index (χ0n) is 30.8. The zero-order valence-corrected chi connectivity index (χ0v) is 30.8. The molecule has 0 unspecified atom stereocenters. The van der Waals surface area contributed by atoms with Gasteiger partial charge in [0, 0.05) is 16.7 Å². The van der Waals surface area contributed by atoms with Crippen molar-refractivity contribution < 1.29 is 0 Å². The molecule has 0 fully saturated rings. The van der Waals surface area contributed by atoms with Crippen LogP contribution in [0.25, 0.3) is 55.6 Å². The summed E-state index contributed by atoms with van der Waals surface area (Å²) in [5, 5.41) is 0. The van der Waals surface area contributed by atoms with Crippen LogP contribution in [0.3, 0.4) is 0 Å². The van der Waals surface area contributed by atoms with E-state index in [0.29, 0.717) is 0 Å². The van der Waals surface area contributed by atoms with Crippen LogP contribution in [0.1, 0.15) is 22.3 Å². The van der Waals surface area contributed by atoms with Crippen molar-refractivity contribution in [2.45, 2.75) is 5.41 Å². The minimum atomic E-state index is -0.498. The summed E-state index contributed by atoms with van der Waals surface area (Å²) in [4.78, 5) is 2.55. The number of rotatable bonds is 6. The van der Waals surface area contributed by atoms with Gasteiger partial charge in [-0.3, -0.25) is 0 Å². The van der Waals surface area contributed by atoms with Crippen LogP contribution in [-0.4, -0.2) is 0 Å². The van der Waals surface area contributed by atoms with E-state index in [2.05, 4.69) is 229 Å². The summed E-state index contributed by atoms with van der Waals surface area (Å²) in [5.41, 5.74) is 20.4. The number of anilines is 3. The molecule has 0 heterocycles. The van der Waals surface area contributed by atoms with Gasteiger partial charge >= 0.3 is 0 Å². The normalized spacial score (nSPS) is 12.8. The Kier molecular flexibility index (Phi) is 7.47. The molecule has 0 amide bonds. The van der Waals surface area contributed by atoms with Gasteiger partial charge in [0.15, 0.2) is 0 Å². The molecule has 0 atom stereocenters. The first-order valence-electron chi connectivity index (χ1n) is 19.4. The van der Waals surface area contributed by atoms with Crippen LogP contribution in [0, 0.1) is 0 Å². The van der Waals surface area contributed by atoms with Crippen molar-refractivity contribution in [1.82, 2.24) is 0 Å². The molecule has 262 valence electrons. The van der Waals surface area contributed by atoms with Crippen molar-refractivity contribution in [2.24, 2.45) is 0 Å². The lowest BCUT2D eigenvalue weighted by molar-refractivity contribution is 0.794. The van der Waals surface area contributed by atoms with Crippen molar-refractivity contribution >= 4 is 17.1 Å². The molecule has 1 nitrogen and oxygen atoms in total. The number of hydrogen-bond donors (Lipinski definition) is 0. The average molecular weight is 712 g/mol. The summed E-state index contributed by atoms with van der Waals surface area (Å²) in [7, 11) is 0. The second-order valence-electron chi connectivity index (χ2n) is 14.8. The molecule has 0 radical (unpaired) electrons. The van der Waals surface area contributed by atoms with Crippen molar-refractivity contribution in [2.75, 3.05) is 4.90 Å². The quantitative estimate of drug-likeness (QED) is 0.166. The SMILES string of the molecule is c1ccc(-c2cc(N(c3ccccc3-c3ccccc3)c3ccccc3-c3ccccc3)c3c(c2)C2(c4ccccc4-c4ccccc42)c2ccccc2-3)cc1. The Hall–Kier alpha value is -7.22. The maximum Gasteiger partial charge on any atom is 0.0726 e. The third-order valence-corrected chi connectivity index (χ3v) is 11.9. The molecule has 2 aliphatic carbocycles. The van der Waals surface area contributed by atoms with Crippen LogP contribution >= 0.6 is 0 Å². The topological polar surface area (TPSA) is 3.24 Å². The lowest BCUT2D eigenvalue weighted by Crippen LogP contribution is -2.26. The Bertz CT molecular complexity index is 2780. The van der Waals surface area contributed by atoms with Crippen molar-refractivity contribution in [1.29, 1.82) is 0 Å². The average Bonchev–Trinajstić information content (AvgIpc) is 3.75. The van der Waals surface area contributed by atoms with Crippen LogP contribution in [0.2, 0.25) is 0 Å². The molecule has 0 bridgehead atoms. The standard InChI is InChI=1S/C55H37N/c1-4-20-38(21-5-1)41-36-50-54(46-30-12-17-33-49(46)55(50)47-31-15-10-28-44(47)45-29-11-16-32-48(45)55)53(37-41)56(51-34-18-13-26-42(51)39-22-6-2-7-23-39)52-35-19-14-27-43(52)40-24-8-3-9-25-40/h1-37H. The third-order valence-electron chi connectivity index (χ3n) is 11.9. The molecule has 56 heavy (non-hydrogen) atoms. The summed E-state index contributed by atoms with van der Waals surface area (Å²) in [6, 6.07) is 82.6. The van der Waals surface area contributed by atoms with E-state index in [0.717, 1.165) is 17.1 Å². The highest BCUT2D eigenvalue weighted by molar-refractivity contribution is 6.05. The smallest absolute Gasteiger partial charge is 0.0726 e. The Morgan fingerprint density at radius 1 is 0.250 bits per heavy atom. The van der Waals surface area contributed by atoms with Gasteiger partial charge in [-0.1, -0.05) is 200 Å². The van der Waals surface area contributed by atoms with Gasteiger partial charge in [-0.05, 0) is 85.5 Å². The molecule has 1 spiro atoms. The molecule has 0 saturated heterocycles. The molecule has 1 heteroatoms. The first kappa shape index (κ1) is 32.2. The lowest BCUT2D eigenvalue weighted by Gasteiger charge is -2.34. The maximum absolute atomic E-state index is 2.55.